The van der Waals surface area contributed by atoms with Gasteiger partial charge in [0.25, 0.3) is 0 Å². The van der Waals surface area contributed by atoms with Gasteiger partial charge in [-0.05, 0) is 32.1 Å². The van der Waals surface area contributed by atoms with Crippen molar-refractivity contribution in [2.24, 2.45) is 0 Å². The van der Waals surface area contributed by atoms with E-state index in [9.17, 15) is 9.59 Å². The molecule has 0 N–H and O–H groups in total. The second-order valence-corrected chi connectivity index (χ2v) is 8.11. The summed E-state index contributed by atoms with van der Waals surface area (Å²) in [4.78, 5) is 23.6. The van der Waals surface area contributed by atoms with Gasteiger partial charge in [-0.2, -0.15) is 0 Å². The third-order valence-electron chi connectivity index (χ3n) is 5.23. The van der Waals surface area contributed by atoms with Crippen LogP contribution in [0.2, 0.25) is 0 Å². The Morgan fingerprint density at radius 2 is 1.30 bits per heavy atom. The van der Waals surface area contributed by atoms with Crippen molar-refractivity contribution in [2.45, 2.75) is 136 Å². The molecule has 30 heavy (non-hydrogen) atoms. The topological polar surface area (TPSA) is 52.6 Å². The molecule has 1 atom stereocenters. The summed E-state index contributed by atoms with van der Waals surface area (Å²) < 4.78 is 10.6. The van der Waals surface area contributed by atoms with Gasteiger partial charge in [0.2, 0.25) is 0 Å². The van der Waals surface area contributed by atoms with Crippen molar-refractivity contribution >= 4 is 11.9 Å². The van der Waals surface area contributed by atoms with Gasteiger partial charge < -0.3 is 9.47 Å². The standard InChI is InChI=1S/C26H46O4/c1-4-7-9-10-11-12-13-14-15-16-18-23-29-25(27)21-19-22-26(28)30-24(6-3)20-17-8-5-2/h24H,4-15,17,19-23H2,1-3H3. The van der Waals surface area contributed by atoms with Crippen molar-refractivity contribution in [3.8, 4) is 11.8 Å². The number of ether oxygens (including phenoxy) is 2. The molecule has 4 heteroatoms. The predicted octanol–water partition coefficient (Wildman–Crippen LogP) is 7.14. The third-order valence-corrected chi connectivity index (χ3v) is 5.23. The van der Waals surface area contributed by atoms with Crippen LogP contribution in [0.3, 0.4) is 0 Å². The van der Waals surface area contributed by atoms with Crippen LogP contribution in [0.15, 0.2) is 0 Å². The van der Waals surface area contributed by atoms with E-state index in [0.717, 1.165) is 38.5 Å². The van der Waals surface area contributed by atoms with Crippen LogP contribution in [0, 0.1) is 11.8 Å². The molecule has 0 saturated heterocycles. The lowest BCUT2D eigenvalue weighted by molar-refractivity contribution is -0.150. The Bertz CT molecular complexity index is 475. The summed E-state index contributed by atoms with van der Waals surface area (Å²) in [6, 6.07) is 0. The summed E-state index contributed by atoms with van der Waals surface area (Å²) in [6.07, 6.45) is 17.4. The molecular weight excluding hydrogens is 376 g/mol. The molecule has 0 aliphatic rings. The molecule has 0 saturated carbocycles. The van der Waals surface area contributed by atoms with E-state index in [4.69, 9.17) is 9.47 Å². The van der Waals surface area contributed by atoms with Crippen molar-refractivity contribution in [3.05, 3.63) is 0 Å². The van der Waals surface area contributed by atoms with Crippen LogP contribution < -0.4 is 0 Å². The van der Waals surface area contributed by atoms with Crippen molar-refractivity contribution in [2.75, 3.05) is 6.61 Å². The first kappa shape index (κ1) is 28.5. The molecule has 0 aliphatic heterocycles. The van der Waals surface area contributed by atoms with Gasteiger partial charge in [0, 0.05) is 19.3 Å². The molecule has 1 unspecified atom stereocenters. The Labute approximate surface area is 185 Å². The molecule has 0 aliphatic carbocycles. The van der Waals surface area contributed by atoms with Crippen LogP contribution >= 0.6 is 0 Å². The van der Waals surface area contributed by atoms with E-state index in [0.29, 0.717) is 6.42 Å². The lowest BCUT2D eigenvalue weighted by Crippen LogP contribution is -2.17. The first-order valence-electron chi connectivity index (χ1n) is 12.4. The van der Waals surface area contributed by atoms with Crippen LogP contribution in [0.5, 0.6) is 0 Å². The fraction of sp³-hybridized carbons (Fsp3) is 0.846. The monoisotopic (exact) mass is 422 g/mol. The Kier molecular flexibility index (Phi) is 21.1. The van der Waals surface area contributed by atoms with E-state index in [1.54, 1.807) is 0 Å². The van der Waals surface area contributed by atoms with E-state index >= 15 is 0 Å². The predicted molar refractivity (Wildman–Crippen MR) is 124 cm³/mol. The third kappa shape index (κ3) is 19.8. The van der Waals surface area contributed by atoms with Gasteiger partial charge in [-0.3, -0.25) is 9.59 Å². The Morgan fingerprint density at radius 1 is 0.700 bits per heavy atom. The maximum atomic E-state index is 11.9. The number of carbonyl (C=O) groups excluding carboxylic acids is 2. The lowest BCUT2D eigenvalue weighted by atomic mass is 10.1. The summed E-state index contributed by atoms with van der Waals surface area (Å²) in [7, 11) is 0. The zero-order valence-electron chi connectivity index (χ0n) is 19.9. The smallest absolute Gasteiger partial charge is 0.306 e. The molecule has 0 rings (SSSR count). The highest BCUT2D eigenvalue weighted by atomic mass is 16.5. The van der Waals surface area contributed by atoms with E-state index < -0.39 is 0 Å². The number of hydrogen-bond donors (Lipinski definition) is 0. The van der Waals surface area contributed by atoms with Crippen LogP contribution in [-0.4, -0.2) is 24.6 Å². The fourth-order valence-corrected chi connectivity index (χ4v) is 3.27. The summed E-state index contributed by atoms with van der Waals surface area (Å²) in [6.45, 7) is 6.59. The second-order valence-electron chi connectivity index (χ2n) is 8.11. The number of esters is 2. The van der Waals surface area contributed by atoms with E-state index in [1.165, 1.54) is 51.4 Å². The van der Waals surface area contributed by atoms with E-state index in [-0.39, 0.29) is 37.5 Å². The highest BCUT2D eigenvalue weighted by molar-refractivity contribution is 5.72. The Balaban J connectivity index is 3.61. The highest BCUT2D eigenvalue weighted by Crippen LogP contribution is 2.12. The minimum absolute atomic E-state index is 0.00679. The molecule has 0 bridgehead atoms. The van der Waals surface area contributed by atoms with Crippen molar-refractivity contribution < 1.29 is 19.1 Å². The van der Waals surface area contributed by atoms with Crippen molar-refractivity contribution in [1.82, 2.24) is 0 Å². The molecule has 0 heterocycles. The first-order chi connectivity index (χ1) is 14.6. The van der Waals surface area contributed by atoms with Gasteiger partial charge in [0.1, 0.15) is 6.10 Å². The van der Waals surface area contributed by atoms with Crippen LogP contribution in [0.25, 0.3) is 0 Å². The first-order valence-corrected chi connectivity index (χ1v) is 12.4. The van der Waals surface area contributed by atoms with Gasteiger partial charge in [-0.25, -0.2) is 0 Å². The SMILES string of the molecule is CCCCCCCCCCC#CCOC(=O)CCCC(=O)OC(CC)CCCCC. The molecular formula is C26H46O4. The zero-order chi connectivity index (χ0) is 22.3. The molecule has 0 spiro atoms. The van der Waals surface area contributed by atoms with Gasteiger partial charge in [0.15, 0.2) is 6.61 Å². The number of hydrogen-bond acceptors (Lipinski definition) is 4. The average Bonchev–Trinajstić information content (AvgIpc) is 2.74. The van der Waals surface area contributed by atoms with Gasteiger partial charge >= 0.3 is 11.9 Å². The highest BCUT2D eigenvalue weighted by Gasteiger charge is 2.13. The Morgan fingerprint density at radius 3 is 1.97 bits per heavy atom. The summed E-state index contributed by atoms with van der Waals surface area (Å²) in [5.74, 6) is 5.48. The van der Waals surface area contributed by atoms with Crippen molar-refractivity contribution in [3.63, 3.8) is 0 Å². The maximum Gasteiger partial charge on any atom is 0.306 e. The van der Waals surface area contributed by atoms with Gasteiger partial charge in [0.05, 0.1) is 0 Å². The molecule has 0 aromatic rings. The molecule has 0 fully saturated rings. The number of carbonyl (C=O) groups is 2. The molecule has 174 valence electrons. The molecule has 0 aromatic carbocycles. The Hall–Kier alpha value is -1.50. The van der Waals surface area contributed by atoms with E-state index in [1.807, 2.05) is 6.92 Å². The number of unbranched alkanes of at least 4 members (excludes halogenated alkanes) is 10. The minimum Gasteiger partial charge on any atom is -0.462 e. The van der Waals surface area contributed by atoms with Crippen LogP contribution in [-0.2, 0) is 19.1 Å². The molecule has 0 radical (unpaired) electrons. The second kappa shape index (κ2) is 22.2. The normalized spacial score (nSPS) is 11.4. The molecule has 0 aromatic heterocycles. The van der Waals surface area contributed by atoms with E-state index in [2.05, 4.69) is 25.7 Å². The lowest BCUT2D eigenvalue weighted by Gasteiger charge is -2.15. The molecule has 4 nitrogen and oxygen atoms in total. The summed E-state index contributed by atoms with van der Waals surface area (Å²) in [5, 5.41) is 0. The molecule has 0 amide bonds. The zero-order valence-corrected chi connectivity index (χ0v) is 19.9. The summed E-state index contributed by atoms with van der Waals surface area (Å²) in [5.41, 5.74) is 0. The van der Waals surface area contributed by atoms with Crippen LogP contribution in [0.1, 0.15) is 130 Å². The quantitative estimate of drug-likeness (QED) is 0.126. The van der Waals surface area contributed by atoms with Gasteiger partial charge in [-0.1, -0.05) is 90.4 Å². The van der Waals surface area contributed by atoms with Crippen molar-refractivity contribution in [1.29, 1.82) is 0 Å². The summed E-state index contributed by atoms with van der Waals surface area (Å²) >= 11 is 0. The van der Waals surface area contributed by atoms with Gasteiger partial charge in [-0.15, -0.1) is 0 Å². The number of rotatable bonds is 19. The largest absolute Gasteiger partial charge is 0.462 e. The minimum atomic E-state index is -0.292. The maximum absolute atomic E-state index is 11.9. The van der Waals surface area contributed by atoms with Crippen LogP contribution in [0.4, 0.5) is 0 Å². The fourth-order valence-electron chi connectivity index (χ4n) is 3.27. The average molecular weight is 423 g/mol.